The Labute approximate surface area is 128 Å². The van der Waals surface area contributed by atoms with Gasteiger partial charge in [-0.05, 0) is 44.2 Å². The van der Waals surface area contributed by atoms with Crippen LogP contribution in [0, 0.1) is 5.92 Å². The van der Waals surface area contributed by atoms with E-state index in [4.69, 9.17) is 4.74 Å². The molecule has 3 heteroatoms. The maximum atomic E-state index is 5.33. The third kappa shape index (κ3) is 3.58. The normalized spacial score (nSPS) is 29.5. The summed E-state index contributed by atoms with van der Waals surface area (Å²) < 4.78 is 5.33. The standard InChI is InChI=1S/C18H28N2O/c1-21-13-14-7-2-4-9-16(14)20-18-10-5-3-8-15(18)17-11-6-12-19-17/h2,4,7,9,15,17-20H,3,5-6,8,10-13H2,1H3. The smallest absolute Gasteiger partial charge is 0.0733 e. The van der Waals surface area contributed by atoms with Gasteiger partial charge >= 0.3 is 0 Å². The number of rotatable bonds is 5. The predicted molar refractivity (Wildman–Crippen MR) is 87.5 cm³/mol. The molecule has 2 N–H and O–H groups in total. The minimum absolute atomic E-state index is 0.604. The van der Waals surface area contributed by atoms with E-state index in [1.54, 1.807) is 7.11 Å². The predicted octanol–water partition coefficient (Wildman–Crippen LogP) is 3.56. The summed E-state index contributed by atoms with van der Waals surface area (Å²) >= 11 is 0. The number of ether oxygens (including phenoxy) is 1. The average molecular weight is 288 g/mol. The minimum atomic E-state index is 0.604. The lowest BCUT2D eigenvalue weighted by Crippen LogP contribution is -2.43. The number of hydrogen-bond donors (Lipinski definition) is 2. The minimum Gasteiger partial charge on any atom is -0.382 e. The summed E-state index contributed by atoms with van der Waals surface area (Å²) in [6.45, 7) is 1.89. The third-order valence-corrected chi connectivity index (χ3v) is 5.09. The molecule has 0 spiro atoms. The Morgan fingerprint density at radius 2 is 2.00 bits per heavy atom. The quantitative estimate of drug-likeness (QED) is 0.869. The van der Waals surface area contributed by atoms with Crippen LogP contribution in [0.4, 0.5) is 5.69 Å². The molecular weight excluding hydrogens is 260 g/mol. The number of nitrogens with one attached hydrogen (secondary N) is 2. The molecule has 1 aromatic carbocycles. The van der Waals surface area contributed by atoms with Crippen LogP contribution in [0.25, 0.3) is 0 Å². The van der Waals surface area contributed by atoms with Crippen LogP contribution < -0.4 is 10.6 Å². The highest BCUT2D eigenvalue weighted by atomic mass is 16.5. The summed E-state index contributed by atoms with van der Waals surface area (Å²) in [6.07, 6.45) is 8.09. The fourth-order valence-corrected chi connectivity index (χ4v) is 4.04. The molecule has 1 aromatic rings. The van der Waals surface area contributed by atoms with Gasteiger partial charge in [0.15, 0.2) is 0 Å². The Kier molecular flexibility index (Phi) is 5.15. The van der Waals surface area contributed by atoms with Gasteiger partial charge in [-0.15, -0.1) is 0 Å². The van der Waals surface area contributed by atoms with Gasteiger partial charge in [-0.1, -0.05) is 31.0 Å². The van der Waals surface area contributed by atoms with Crippen molar-refractivity contribution in [2.24, 2.45) is 5.92 Å². The van der Waals surface area contributed by atoms with Crippen molar-refractivity contribution < 1.29 is 4.74 Å². The molecule has 21 heavy (non-hydrogen) atoms. The van der Waals surface area contributed by atoms with Crippen LogP contribution in [0.3, 0.4) is 0 Å². The fourth-order valence-electron chi connectivity index (χ4n) is 4.04. The molecule has 3 nitrogen and oxygen atoms in total. The van der Waals surface area contributed by atoms with Crippen molar-refractivity contribution in [2.45, 2.75) is 57.2 Å². The lowest BCUT2D eigenvalue weighted by molar-refractivity contribution is 0.185. The third-order valence-electron chi connectivity index (χ3n) is 5.09. The van der Waals surface area contributed by atoms with Gasteiger partial charge in [0, 0.05) is 30.4 Å². The Hall–Kier alpha value is -1.06. The summed E-state index contributed by atoms with van der Waals surface area (Å²) in [7, 11) is 1.77. The molecule has 1 heterocycles. The zero-order chi connectivity index (χ0) is 14.5. The Morgan fingerprint density at radius 3 is 2.81 bits per heavy atom. The lowest BCUT2D eigenvalue weighted by Gasteiger charge is -2.37. The van der Waals surface area contributed by atoms with Crippen molar-refractivity contribution in [2.75, 3.05) is 19.0 Å². The summed E-state index contributed by atoms with van der Waals surface area (Å²) in [5.41, 5.74) is 2.53. The molecule has 1 saturated carbocycles. The first-order valence-corrected chi connectivity index (χ1v) is 8.45. The molecule has 3 unspecified atom stereocenters. The monoisotopic (exact) mass is 288 g/mol. The van der Waals surface area contributed by atoms with E-state index in [1.165, 1.54) is 56.3 Å². The second-order valence-corrected chi connectivity index (χ2v) is 6.49. The van der Waals surface area contributed by atoms with E-state index in [1.807, 2.05) is 0 Å². The van der Waals surface area contributed by atoms with Gasteiger partial charge in [0.25, 0.3) is 0 Å². The summed E-state index contributed by atoms with van der Waals surface area (Å²) in [6, 6.07) is 9.90. The Balaban J connectivity index is 1.72. The van der Waals surface area contributed by atoms with Crippen molar-refractivity contribution >= 4 is 5.69 Å². The van der Waals surface area contributed by atoms with Crippen LogP contribution in [0.1, 0.15) is 44.1 Å². The van der Waals surface area contributed by atoms with E-state index in [0.717, 1.165) is 12.0 Å². The van der Waals surface area contributed by atoms with Gasteiger partial charge in [0.05, 0.1) is 6.61 Å². The number of hydrogen-bond acceptors (Lipinski definition) is 3. The number of methoxy groups -OCH3 is 1. The van der Waals surface area contributed by atoms with Crippen LogP contribution in [0.2, 0.25) is 0 Å². The summed E-state index contributed by atoms with van der Waals surface area (Å²) in [5, 5.41) is 7.56. The molecule has 1 aliphatic heterocycles. The van der Waals surface area contributed by atoms with Gasteiger partial charge in [-0.2, -0.15) is 0 Å². The van der Waals surface area contributed by atoms with Crippen LogP contribution in [0.5, 0.6) is 0 Å². The second kappa shape index (κ2) is 7.28. The highest BCUT2D eigenvalue weighted by molar-refractivity contribution is 5.51. The number of anilines is 1. The molecule has 0 radical (unpaired) electrons. The summed E-state index contributed by atoms with van der Waals surface area (Å²) in [5.74, 6) is 0.775. The molecule has 1 aliphatic carbocycles. The Morgan fingerprint density at radius 1 is 1.14 bits per heavy atom. The van der Waals surface area contributed by atoms with E-state index in [9.17, 15) is 0 Å². The fraction of sp³-hybridized carbons (Fsp3) is 0.667. The highest BCUT2D eigenvalue weighted by Crippen LogP contribution is 2.33. The average Bonchev–Trinajstić information content (AvgIpc) is 3.04. The zero-order valence-electron chi connectivity index (χ0n) is 13.1. The molecule has 3 rings (SSSR count). The van der Waals surface area contributed by atoms with Crippen LogP contribution in [-0.2, 0) is 11.3 Å². The van der Waals surface area contributed by atoms with Gasteiger partial charge in [-0.25, -0.2) is 0 Å². The van der Waals surface area contributed by atoms with Crippen molar-refractivity contribution in [3.8, 4) is 0 Å². The first-order chi connectivity index (χ1) is 10.4. The van der Waals surface area contributed by atoms with E-state index in [2.05, 4.69) is 34.9 Å². The van der Waals surface area contributed by atoms with E-state index < -0.39 is 0 Å². The molecule has 2 fully saturated rings. The highest BCUT2D eigenvalue weighted by Gasteiger charge is 2.33. The molecule has 0 amide bonds. The van der Waals surface area contributed by atoms with Crippen molar-refractivity contribution in [3.63, 3.8) is 0 Å². The van der Waals surface area contributed by atoms with Gasteiger partial charge < -0.3 is 15.4 Å². The van der Waals surface area contributed by atoms with Crippen LogP contribution in [0.15, 0.2) is 24.3 Å². The van der Waals surface area contributed by atoms with Crippen molar-refractivity contribution in [1.82, 2.24) is 5.32 Å². The molecule has 0 aromatic heterocycles. The maximum absolute atomic E-state index is 5.33. The first kappa shape index (κ1) is 14.9. The van der Waals surface area contributed by atoms with Crippen LogP contribution >= 0.6 is 0 Å². The SMILES string of the molecule is COCc1ccccc1NC1CCCCC1C1CCCN1. The Bertz CT molecular complexity index is 443. The van der Waals surface area contributed by atoms with E-state index in [0.29, 0.717) is 12.6 Å². The second-order valence-electron chi connectivity index (χ2n) is 6.49. The zero-order valence-corrected chi connectivity index (χ0v) is 13.1. The van der Waals surface area contributed by atoms with E-state index >= 15 is 0 Å². The van der Waals surface area contributed by atoms with Crippen molar-refractivity contribution in [1.29, 1.82) is 0 Å². The number of benzene rings is 1. The molecule has 0 bridgehead atoms. The van der Waals surface area contributed by atoms with E-state index in [-0.39, 0.29) is 0 Å². The molecule has 3 atom stereocenters. The topological polar surface area (TPSA) is 33.3 Å². The van der Waals surface area contributed by atoms with Gasteiger partial charge in [0.2, 0.25) is 0 Å². The molecule has 1 saturated heterocycles. The van der Waals surface area contributed by atoms with Gasteiger partial charge in [0.1, 0.15) is 0 Å². The van der Waals surface area contributed by atoms with Gasteiger partial charge in [-0.3, -0.25) is 0 Å². The molecular formula is C18H28N2O. The van der Waals surface area contributed by atoms with Crippen LogP contribution in [-0.4, -0.2) is 25.7 Å². The summed E-state index contributed by atoms with van der Waals surface area (Å²) in [4.78, 5) is 0. The first-order valence-electron chi connectivity index (χ1n) is 8.45. The molecule has 2 aliphatic rings. The maximum Gasteiger partial charge on any atom is 0.0733 e. The lowest BCUT2D eigenvalue weighted by atomic mass is 9.79. The molecule has 116 valence electrons. The largest absolute Gasteiger partial charge is 0.382 e. The number of para-hydroxylation sites is 1. The van der Waals surface area contributed by atoms with Crippen molar-refractivity contribution in [3.05, 3.63) is 29.8 Å².